The van der Waals surface area contributed by atoms with Gasteiger partial charge in [-0.2, -0.15) is 13.2 Å². The number of aryl methyl sites for hydroxylation is 1. The highest BCUT2D eigenvalue weighted by Gasteiger charge is 2.59. The maximum atomic E-state index is 14.2. The summed E-state index contributed by atoms with van der Waals surface area (Å²) in [6.07, 6.45) is -3.71. The molecule has 1 aliphatic heterocycles. The van der Waals surface area contributed by atoms with Crippen molar-refractivity contribution in [2.45, 2.75) is 29.3 Å². The fourth-order valence-electron chi connectivity index (χ4n) is 3.47. The van der Waals surface area contributed by atoms with Gasteiger partial charge in [0.1, 0.15) is 0 Å². The van der Waals surface area contributed by atoms with Gasteiger partial charge in [0.15, 0.2) is 0 Å². The van der Waals surface area contributed by atoms with E-state index in [1.54, 1.807) is 17.8 Å². The van der Waals surface area contributed by atoms with Crippen LogP contribution in [0, 0.1) is 6.92 Å². The third kappa shape index (κ3) is 4.64. The molecule has 0 radical (unpaired) electrons. The van der Waals surface area contributed by atoms with Crippen molar-refractivity contribution in [3.8, 4) is 0 Å². The number of benzene rings is 3. The summed E-state index contributed by atoms with van der Waals surface area (Å²) >= 11 is 13.6. The number of halogens is 5. The quantitative estimate of drug-likeness (QED) is 0.363. The van der Waals surface area contributed by atoms with Gasteiger partial charge in [-0.05, 0) is 54.5 Å². The van der Waals surface area contributed by atoms with Gasteiger partial charge in [0.25, 0.3) is 0 Å². The zero-order valence-corrected chi connectivity index (χ0v) is 19.2. The Kier molecular flexibility index (Phi) is 6.50. The predicted molar refractivity (Wildman–Crippen MR) is 124 cm³/mol. The maximum absolute atomic E-state index is 14.2. The van der Waals surface area contributed by atoms with Gasteiger partial charge in [0.2, 0.25) is 5.60 Å². The molecule has 0 saturated carbocycles. The van der Waals surface area contributed by atoms with E-state index in [2.05, 4.69) is 17.6 Å². The van der Waals surface area contributed by atoms with Crippen molar-refractivity contribution >= 4 is 40.7 Å². The Labute approximate surface area is 198 Å². The molecule has 0 amide bonds. The molecule has 0 aliphatic carbocycles. The Morgan fingerprint density at radius 2 is 1.66 bits per heavy atom. The Hall–Kier alpha value is -2.12. The van der Waals surface area contributed by atoms with Gasteiger partial charge in [-0.25, -0.2) is 0 Å². The summed E-state index contributed by atoms with van der Waals surface area (Å²) in [4.78, 5) is 6.21. The summed E-state index contributed by atoms with van der Waals surface area (Å²) in [5.41, 5.74) is 2.53. The molecule has 8 heteroatoms. The van der Waals surface area contributed by atoms with Crippen molar-refractivity contribution in [2.24, 2.45) is 0 Å². The fourth-order valence-corrected chi connectivity index (χ4v) is 4.96. The molecule has 1 aliphatic rings. The highest BCUT2D eigenvalue weighted by molar-refractivity contribution is 7.98. The molecule has 2 nitrogen and oxygen atoms in total. The van der Waals surface area contributed by atoms with E-state index in [9.17, 15) is 13.2 Å². The van der Waals surface area contributed by atoms with Crippen LogP contribution >= 0.6 is 35.0 Å². The molecule has 0 fully saturated rings. The molecule has 166 valence electrons. The van der Waals surface area contributed by atoms with Crippen molar-refractivity contribution in [3.05, 3.63) is 105 Å². The molecule has 3 aromatic carbocycles. The number of nitrogens with one attached hydrogen (secondary N) is 1. The zero-order chi connectivity index (χ0) is 22.9. The van der Waals surface area contributed by atoms with Crippen LogP contribution in [0.4, 0.5) is 13.2 Å². The lowest BCUT2D eigenvalue weighted by Gasteiger charge is -2.28. The van der Waals surface area contributed by atoms with E-state index >= 15 is 0 Å². The van der Waals surface area contributed by atoms with Gasteiger partial charge >= 0.3 is 6.18 Å². The monoisotopic (exact) mass is 495 g/mol. The van der Waals surface area contributed by atoms with E-state index in [4.69, 9.17) is 28.0 Å². The molecule has 0 bridgehead atoms. The third-order valence-electron chi connectivity index (χ3n) is 5.11. The van der Waals surface area contributed by atoms with Crippen LogP contribution in [0.2, 0.25) is 10.0 Å². The standard InChI is InChI=1S/C24H18Cl2F3NOS/c1-15-9-17(7-8-22(15)32-14-16-5-3-2-4-6-16)21-13-23(31-30-21,24(27,28)29)18-10-19(25)12-20(26)11-18/h2-13,30H,14H2,1H3. The van der Waals surface area contributed by atoms with Gasteiger partial charge in [-0.3, -0.25) is 10.3 Å². The average molecular weight is 496 g/mol. The zero-order valence-electron chi connectivity index (χ0n) is 16.8. The van der Waals surface area contributed by atoms with Crippen LogP contribution in [0.1, 0.15) is 22.3 Å². The van der Waals surface area contributed by atoms with Crippen LogP contribution in [0.5, 0.6) is 0 Å². The molecule has 4 rings (SSSR count). The fraction of sp³-hybridized carbons (Fsp3) is 0.167. The summed E-state index contributed by atoms with van der Waals surface area (Å²) in [6, 6.07) is 19.4. The van der Waals surface area contributed by atoms with E-state index in [-0.39, 0.29) is 21.3 Å². The predicted octanol–water partition coefficient (Wildman–Crippen LogP) is 7.93. The minimum absolute atomic E-state index is 0.0946. The van der Waals surface area contributed by atoms with E-state index in [1.165, 1.54) is 23.8 Å². The Morgan fingerprint density at radius 3 is 2.28 bits per heavy atom. The summed E-state index contributed by atoms with van der Waals surface area (Å²) in [6.45, 7) is 1.93. The van der Waals surface area contributed by atoms with Crippen LogP contribution in [0.25, 0.3) is 5.70 Å². The molecule has 3 aromatic rings. The Morgan fingerprint density at radius 1 is 0.969 bits per heavy atom. The minimum atomic E-state index is -4.74. The van der Waals surface area contributed by atoms with E-state index < -0.39 is 11.8 Å². The van der Waals surface area contributed by atoms with Crippen LogP contribution < -0.4 is 5.48 Å². The second kappa shape index (κ2) is 9.02. The molecular weight excluding hydrogens is 478 g/mol. The largest absolute Gasteiger partial charge is 0.428 e. The minimum Gasteiger partial charge on any atom is -0.265 e. The van der Waals surface area contributed by atoms with Crippen molar-refractivity contribution < 1.29 is 18.0 Å². The number of hydrogen-bond acceptors (Lipinski definition) is 3. The highest BCUT2D eigenvalue weighted by atomic mass is 35.5. The lowest BCUT2D eigenvalue weighted by atomic mass is 9.91. The SMILES string of the molecule is Cc1cc(C2=CC(c3cc(Cl)cc(Cl)c3)(C(F)(F)F)ON2)ccc1SCc1ccccc1. The molecular formula is C24H18Cl2F3NOS. The first kappa shape index (κ1) is 23.1. The lowest BCUT2D eigenvalue weighted by molar-refractivity contribution is -0.269. The molecule has 0 saturated heterocycles. The summed E-state index contributed by atoms with van der Waals surface area (Å²) < 4.78 is 42.5. The van der Waals surface area contributed by atoms with E-state index in [1.807, 2.05) is 37.3 Å². The normalized spacial score (nSPS) is 18.4. The van der Waals surface area contributed by atoms with E-state index in [0.717, 1.165) is 22.3 Å². The smallest absolute Gasteiger partial charge is 0.265 e. The summed E-state index contributed by atoms with van der Waals surface area (Å²) in [5, 5.41) is 0.189. The first-order chi connectivity index (χ1) is 15.2. The molecule has 1 unspecified atom stereocenters. The molecule has 1 N–H and O–H groups in total. The van der Waals surface area contributed by atoms with Crippen LogP contribution in [-0.2, 0) is 16.2 Å². The number of hydrogen-bond donors (Lipinski definition) is 1. The number of alkyl halides is 3. The van der Waals surface area contributed by atoms with Gasteiger partial charge < -0.3 is 0 Å². The van der Waals surface area contributed by atoms with Crippen LogP contribution in [0.15, 0.2) is 77.7 Å². The molecule has 0 aromatic heterocycles. The lowest BCUT2D eigenvalue weighted by Crippen LogP contribution is -2.42. The number of thioether (sulfide) groups is 1. The third-order valence-corrected chi connectivity index (χ3v) is 6.79. The summed E-state index contributed by atoms with van der Waals surface area (Å²) in [5.74, 6) is 0.803. The van der Waals surface area contributed by atoms with Crippen molar-refractivity contribution in [1.82, 2.24) is 5.48 Å². The number of hydroxylamine groups is 1. The van der Waals surface area contributed by atoms with Crippen LogP contribution in [-0.4, -0.2) is 6.18 Å². The molecule has 1 atom stereocenters. The van der Waals surface area contributed by atoms with Gasteiger partial charge in [0.05, 0.1) is 5.70 Å². The summed E-state index contributed by atoms with van der Waals surface area (Å²) in [7, 11) is 0. The second-order valence-electron chi connectivity index (χ2n) is 7.41. The Bertz CT molecular complexity index is 1150. The van der Waals surface area contributed by atoms with Crippen molar-refractivity contribution in [3.63, 3.8) is 0 Å². The molecule has 32 heavy (non-hydrogen) atoms. The van der Waals surface area contributed by atoms with Crippen molar-refractivity contribution in [2.75, 3.05) is 0 Å². The molecule has 1 heterocycles. The molecule has 0 spiro atoms. The van der Waals surface area contributed by atoms with Crippen molar-refractivity contribution in [1.29, 1.82) is 0 Å². The van der Waals surface area contributed by atoms with Gasteiger partial charge in [-0.15, -0.1) is 11.8 Å². The average Bonchev–Trinajstić information content (AvgIpc) is 3.20. The van der Waals surface area contributed by atoms with Crippen LogP contribution in [0.3, 0.4) is 0 Å². The van der Waals surface area contributed by atoms with Gasteiger partial charge in [-0.1, -0.05) is 59.6 Å². The Balaban J connectivity index is 1.64. The number of rotatable bonds is 5. The first-order valence-corrected chi connectivity index (χ1v) is 11.4. The first-order valence-electron chi connectivity index (χ1n) is 9.66. The van der Waals surface area contributed by atoms with E-state index in [0.29, 0.717) is 5.56 Å². The topological polar surface area (TPSA) is 21.3 Å². The maximum Gasteiger partial charge on any atom is 0.428 e. The van der Waals surface area contributed by atoms with Gasteiger partial charge in [0, 0.05) is 31.8 Å². The highest BCUT2D eigenvalue weighted by Crippen LogP contribution is 2.48. The second-order valence-corrected chi connectivity index (χ2v) is 9.30.